The zero-order chi connectivity index (χ0) is 15.2. The highest BCUT2D eigenvalue weighted by atomic mass is 19.1. The minimum atomic E-state index is -1.16. The molecule has 1 fully saturated rings. The highest BCUT2D eigenvalue weighted by Gasteiger charge is 2.17. The molecule has 0 bridgehead atoms. The zero-order valence-corrected chi connectivity index (χ0v) is 11.4. The third-order valence-corrected chi connectivity index (χ3v) is 3.35. The van der Waals surface area contributed by atoms with E-state index in [-0.39, 0.29) is 17.6 Å². The van der Waals surface area contributed by atoms with Crippen LogP contribution in [0.25, 0.3) is 6.08 Å². The lowest BCUT2D eigenvalue weighted by Gasteiger charge is -2.13. The van der Waals surface area contributed by atoms with Gasteiger partial charge in [0.25, 0.3) is 0 Å². The predicted molar refractivity (Wildman–Crippen MR) is 77.5 cm³/mol. The lowest BCUT2D eigenvalue weighted by Crippen LogP contribution is -2.36. The van der Waals surface area contributed by atoms with Crippen molar-refractivity contribution in [1.29, 1.82) is 0 Å². The number of urea groups is 1. The first-order valence-electron chi connectivity index (χ1n) is 6.82. The largest absolute Gasteiger partial charge is 0.478 e. The van der Waals surface area contributed by atoms with Crippen LogP contribution < -0.4 is 10.6 Å². The van der Waals surface area contributed by atoms with E-state index in [0.717, 1.165) is 37.8 Å². The number of nitrogens with one attached hydrogen (secondary N) is 2. The van der Waals surface area contributed by atoms with Crippen molar-refractivity contribution in [3.8, 4) is 0 Å². The first-order valence-corrected chi connectivity index (χ1v) is 6.82. The standard InChI is InChI=1S/C15H17FN2O3/c16-13-7-6-12(9-10(13)5-8-14(19)20)18-15(21)17-11-3-1-2-4-11/h5-9,11H,1-4H2,(H,19,20)(H2,17,18,21)/b8-5+. The van der Waals surface area contributed by atoms with E-state index in [1.165, 1.54) is 18.2 Å². The van der Waals surface area contributed by atoms with Gasteiger partial charge in [0.15, 0.2) is 0 Å². The molecule has 1 aromatic carbocycles. The molecule has 21 heavy (non-hydrogen) atoms. The van der Waals surface area contributed by atoms with E-state index in [0.29, 0.717) is 5.69 Å². The van der Waals surface area contributed by atoms with Crippen LogP contribution >= 0.6 is 0 Å². The Balaban J connectivity index is 2.00. The van der Waals surface area contributed by atoms with Gasteiger partial charge in [-0.25, -0.2) is 14.0 Å². The van der Waals surface area contributed by atoms with Crippen LogP contribution in [-0.2, 0) is 4.79 Å². The van der Waals surface area contributed by atoms with Gasteiger partial charge in [-0.3, -0.25) is 0 Å². The number of anilines is 1. The van der Waals surface area contributed by atoms with Crippen LogP contribution in [-0.4, -0.2) is 23.1 Å². The van der Waals surface area contributed by atoms with Crippen molar-refractivity contribution >= 4 is 23.8 Å². The van der Waals surface area contributed by atoms with Crippen LogP contribution in [0.1, 0.15) is 31.2 Å². The van der Waals surface area contributed by atoms with Gasteiger partial charge < -0.3 is 15.7 Å². The Bertz CT molecular complexity index is 566. The van der Waals surface area contributed by atoms with Crippen LogP contribution in [0.4, 0.5) is 14.9 Å². The molecule has 1 aliphatic carbocycles. The SMILES string of the molecule is O=C(O)/C=C/c1cc(NC(=O)NC2CCCC2)ccc1F. The first kappa shape index (κ1) is 15.0. The van der Waals surface area contributed by atoms with Crippen molar-refractivity contribution in [2.75, 3.05) is 5.32 Å². The van der Waals surface area contributed by atoms with E-state index in [1.54, 1.807) is 0 Å². The number of carbonyl (C=O) groups is 2. The molecule has 112 valence electrons. The van der Waals surface area contributed by atoms with Crippen molar-refractivity contribution in [1.82, 2.24) is 5.32 Å². The highest BCUT2D eigenvalue weighted by molar-refractivity contribution is 5.90. The number of aliphatic carboxylic acids is 1. The minimum Gasteiger partial charge on any atom is -0.478 e. The van der Waals surface area contributed by atoms with Gasteiger partial charge in [-0.05, 0) is 37.1 Å². The Labute approximate surface area is 121 Å². The Kier molecular flexibility index (Phi) is 4.92. The molecule has 0 unspecified atom stereocenters. The molecule has 0 heterocycles. The molecule has 5 nitrogen and oxygen atoms in total. The van der Waals surface area contributed by atoms with Gasteiger partial charge in [0.05, 0.1) is 0 Å². The minimum absolute atomic E-state index is 0.107. The zero-order valence-electron chi connectivity index (χ0n) is 11.4. The average Bonchev–Trinajstić information content (AvgIpc) is 2.92. The number of hydrogen-bond donors (Lipinski definition) is 3. The molecule has 3 N–H and O–H groups in total. The average molecular weight is 292 g/mol. The Morgan fingerprint density at radius 1 is 1.29 bits per heavy atom. The van der Waals surface area contributed by atoms with Gasteiger partial charge in [-0.2, -0.15) is 0 Å². The number of carbonyl (C=O) groups excluding carboxylic acids is 1. The fourth-order valence-electron chi connectivity index (χ4n) is 2.33. The molecular formula is C15H17FN2O3. The number of amides is 2. The molecule has 0 aromatic heterocycles. The molecule has 1 aromatic rings. The molecule has 0 radical (unpaired) electrons. The molecule has 2 amide bonds. The van der Waals surface area contributed by atoms with Gasteiger partial charge in [-0.15, -0.1) is 0 Å². The van der Waals surface area contributed by atoms with Crippen molar-refractivity contribution in [3.05, 3.63) is 35.7 Å². The molecule has 0 saturated heterocycles. The Hall–Kier alpha value is -2.37. The van der Waals surface area contributed by atoms with E-state index in [2.05, 4.69) is 10.6 Å². The summed E-state index contributed by atoms with van der Waals surface area (Å²) in [6.07, 6.45) is 6.18. The van der Waals surface area contributed by atoms with Gasteiger partial charge in [0.1, 0.15) is 5.82 Å². The molecular weight excluding hydrogens is 275 g/mol. The van der Waals surface area contributed by atoms with Gasteiger partial charge in [0.2, 0.25) is 0 Å². The monoisotopic (exact) mass is 292 g/mol. The Morgan fingerprint density at radius 2 is 2.00 bits per heavy atom. The summed E-state index contributed by atoms with van der Waals surface area (Å²) < 4.78 is 13.5. The van der Waals surface area contributed by atoms with Crippen LogP contribution in [0.15, 0.2) is 24.3 Å². The summed E-state index contributed by atoms with van der Waals surface area (Å²) in [4.78, 5) is 22.3. The summed E-state index contributed by atoms with van der Waals surface area (Å²) in [5.74, 6) is -1.71. The number of halogens is 1. The fraction of sp³-hybridized carbons (Fsp3) is 0.333. The van der Waals surface area contributed by atoms with E-state index < -0.39 is 11.8 Å². The summed E-state index contributed by atoms with van der Waals surface area (Å²) in [6, 6.07) is 3.87. The second-order valence-corrected chi connectivity index (χ2v) is 4.99. The van der Waals surface area contributed by atoms with E-state index in [1.807, 2.05) is 0 Å². The van der Waals surface area contributed by atoms with Gasteiger partial charge in [-0.1, -0.05) is 12.8 Å². The number of carboxylic acid groups (broad SMARTS) is 1. The molecule has 0 atom stereocenters. The molecule has 0 aliphatic heterocycles. The normalized spacial score (nSPS) is 15.3. The second kappa shape index (κ2) is 6.88. The summed E-state index contributed by atoms with van der Waals surface area (Å²) in [6.45, 7) is 0. The lowest BCUT2D eigenvalue weighted by molar-refractivity contribution is -0.131. The topological polar surface area (TPSA) is 78.4 Å². The smallest absolute Gasteiger partial charge is 0.328 e. The van der Waals surface area contributed by atoms with E-state index in [4.69, 9.17) is 5.11 Å². The third-order valence-electron chi connectivity index (χ3n) is 3.35. The predicted octanol–water partition coefficient (Wildman–Crippen LogP) is 2.99. The highest BCUT2D eigenvalue weighted by Crippen LogP contribution is 2.19. The molecule has 0 spiro atoms. The number of hydrogen-bond acceptors (Lipinski definition) is 2. The fourth-order valence-corrected chi connectivity index (χ4v) is 2.33. The van der Waals surface area contributed by atoms with E-state index >= 15 is 0 Å². The maximum Gasteiger partial charge on any atom is 0.328 e. The van der Waals surface area contributed by atoms with Crippen LogP contribution in [0.3, 0.4) is 0 Å². The molecule has 6 heteroatoms. The summed E-state index contributed by atoms with van der Waals surface area (Å²) in [7, 11) is 0. The third kappa shape index (κ3) is 4.59. The number of carboxylic acids is 1. The van der Waals surface area contributed by atoms with E-state index in [9.17, 15) is 14.0 Å². The number of benzene rings is 1. The van der Waals surface area contributed by atoms with Crippen molar-refractivity contribution in [2.24, 2.45) is 0 Å². The first-order chi connectivity index (χ1) is 10.0. The number of rotatable bonds is 4. The molecule has 2 rings (SSSR count). The summed E-state index contributed by atoms with van der Waals surface area (Å²) in [5.41, 5.74) is 0.521. The maximum atomic E-state index is 13.5. The van der Waals surface area contributed by atoms with Gasteiger partial charge in [0, 0.05) is 23.4 Å². The van der Waals surface area contributed by atoms with Crippen LogP contribution in [0, 0.1) is 5.82 Å². The lowest BCUT2D eigenvalue weighted by atomic mass is 10.1. The Morgan fingerprint density at radius 3 is 2.67 bits per heavy atom. The van der Waals surface area contributed by atoms with Crippen LogP contribution in [0.2, 0.25) is 0 Å². The quantitative estimate of drug-likeness (QED) is 0.746. The molecule has 1 aliphatic rings. The summed E-state index contributed by atoms with van der Waals surface area (Å²) in [5, 5.41) is 14.0. The van der Waals surface area contributed by atoms with Crippen LogP contribution in [0.5, 0.6) is 0 Å². The summed E-state index contributed by atoms with van der Waals surface area (Å²) >= 11 is 0. The van der Waals surface area contributed by atoms with Crippen molar-refractivity contribution in [2.45, 2.75) is 31.7 Å². The van der Waals surface area contributed by atoms with Crippen molar-refractivity contribution < 1.29 is 19.1 Å². The van der Waals surface area contributed by atoms with Gasteiger partial charge >= 0.3 is 12.0 Å². The second-order valence-electron chi connectivity index (χ2n) is 4.99. The van der Waals surface area contributed by atoms with Crippen molar-refractivity contribution in [3.63, 3.8) is 0 Å². The maximum absolute atomic E-state index is 13.5. The molecule has 1 saturated carbocycles.